The Bertz CT molecular complexity index is 2860. The summed E-state index contributed by atoms with van der Waals surface area (Å²) in [6.45, 7) is 0. The molecule has 10 rings (SSSR count). The van der Waals surface area contributed by atoms with Crippen LogP contribution in [0.1, 0.15) is 0 Å². The summed E-state index contributed by atoms with van der Waals surface area (Å²) in [7, 11) is 0. The maximum Gasteiger partial charge on any atom is 0.164 e. The van der Waals surface area contributed by atoms with Crippen molar-refractivity contribution in [2.75, 3.05) is 4.90 Å². The Morgan fingerprint density at radius 1 is 0.237 bits per heavy atom. The molecule has 0 unspecified atom stereocenters. The van der Waals surface area contributed by atoms with Gasteiger partial charge in [0.1, 0.15) is 0 Å². The van der Waals surface area contributed by atoms with Gasteiger partial charge in [0.25, 0.3) is 0 Å². The molecule has 4 nitrogen and oxygen atoms in total. The van der Waals surface area contributed by atoms with Crippen molar-refractivity contribution >= 4 is 27.8 Å². The van der Waals surface area contributed by atoms with Gasteiger partial charge in [-0.25, -0.2) is 15.0 Å². The molecule has 10 aromatic rings. The van der Waals surface area contributed by atoms with Crippen LogP contribution in [0.2, 0.25) is 0 Å². The minimum absolute atomic E-state index is 0.637. The maximum atomic E-state index is 5.08. The van der Waals surface area contributed by atoms with Gasteiger partial charge in [-0.15, -0.1) is 0 Å². The number of hydrogen-bond donors (Lipinski definition) is 0. The first kappa shape index (κ1) is 35.5. The molecule has 9 aromatic carbocycles. The van der Waals surface area contributed by atoms with Gasteiger partial charge in [0, 0.05) is 33.8 Å². The number of fused-ring (bicyclic) bond motifs is 1. The van der Waals surface area contributed by atoms with Crippen molar-refractivity contribution in [1.29, 1.82) is 0 Å². The number of aromatic nitrogens is 3. The Hall–Kier alpha value is -7.95. The lowest BCUT2D eigenvalue weighted by molar-refractivity contribution is 1.08. The summed E-state index contributed by atoms with van der Waals surface area (Å²) in [5.74, 6) is 1.92. The molecule has 0 atom stereocenters. The Kier molecular flexibility index (Phi) is 9.55. The van der Waals surface area contributed by atoms with Gasteiger partial charge >= 0.3 is 0 Å². The average molecular weight is 755 g/mol. The molecular formula is C55H38N4. The first-order valence-corrected chi connectivity index (χ1v) is 19.9. The van der Waals surface area contributed by atoms with Crippen molar-refractivity contribution in [1.82, 2.24) is 15.0 Å². The van der Waals surface area contributed by atoms with E-state index in [9.17, 15) is 0 Å². The summed E-state index contributed by atoms with van der Waals surface area (Å²) in [5, 5.41) is 2.19. The topological polar surface area (TPSA) is 41.9 Å². The van der Waals surface area contributed by atoms with Gasteiger partial charge in [0.2, 0.25) is 0 Å². The fourth-order valence-electron chi connectivity index (χ4n) is 7.80. The highest BCUT2D eigenvalue weighted by atomic mass is 15.1. The zero-order valence-electron chi connectivity index (χ0n) is 32.2. The van der Waals surface area contributed by atoms with Gasteiger partial charge in [-0.1, -0.05) is 188 Å². The highest BCUT2D eigenvalue weighted by Crippen LogP contribution is 2.41. The average Bonchev–Trinajstić information content (AvgIpc) is 3.33. The van der Waals surface area contributed by atoms with E-state index >= 15 is 0 Å². The van der Waals surface area contributed by atoms with Gasteiger partial charge in [0.15, 0.2) is 17.5 Å². The van der Waals surface area contributed by atoms with E-state index in [1.54, 1.807) is 0 Å². The van der Waals surface area contributed by atoms with Crippen LogP contribution < -0.4 is 4.90 Å². The molecule has 0 radical (unpaired) electrons. The molecule has 0 aliphatic heterocycles. The van der Waals surface area contributed by atoms with Gasteiger partial charge < -0.3 is 4.90 Å². The first-order valence-electron chi connectivity index (χ1n) is 19.9. The molecule has 0 bridgehead atoms. The van der Waals surface area contributed by atoms with Crippen LogP contribution in [0.4, 0.5) is 17.1 Å². The second kappa shape index (κ2) is 15.9. The van der Waals surface area contributed by atoms with Crippen LogP contribution in [0.25, 0.3) is 78.3 Å². The number of hydrogen-bond acceptors (Lipinski definition) is 4. The van der Waals surface area contributed by atoms with E-state index < -0.39 is 0 Å². The minimum atomic E-state index is 0.637. The lowest BCUT2D eigenvalue weighted by Gasteiger charge is -2.26. The number of rotatable bonds is 9. The summed E-state index contributed by atoms with van der Waals surface area (Å²) in [6.07, 6.45) is 0. The van der Waals surface area contributed by atoms with E-state index in [-0.39, 0.29) is 0 Å². The van der Waals surface area contributed by atoms with Crippen LogP contribution in [-0.4, -0.2) is 15.0 Å². The van der Waals surface area contributed by atoms with Crippen molar-refractivity contribution in [3.63, 3.8) is 0 Å². The molecule has 0 saturated carbocycles. The second-order valence-corrected chi connectivity index (χ2v) is 14.5. The van der Waals surface area contributed by atoms with E-state index in [1.165, 1.54) is 22.3 Å². The third kappa shape index (κ3) is 7.27. The third-order valence-corrected chi connectivity index (χ3v) is 10.7. The van der Waals surface area contributed by atoms with E-state index in [4.69, 9.17) is 15.0 Å². The summed E-state index contributed by atoms with van der Waals surface area (Å²) in [5.41, 5.74) is 13.1. The molecule has 1 heterocycles. The molecule has 0 fully saturated rings. The van der Waals surface area contributed by atoms with Crippen molar-refractivity contribution in [2.45, 2.75) is 0 Å². The van der Waals surface area contributed by atoms with Gasteiger partial charge in [-0.2, -0.15) is 0 Å². The van der Waals surface area contributed by atoms with E-state index in [0.29, 0.717) is 17.5 Å². The van der Waals surface area contributed by atoms with E-state index in [0.717, 1.165) is 55.7 Å². The van der Waals surface area contributed by atoms with Gasteiger partial charge in [0.05, 0.1) is 0 Å². The largest absolute Gasteiger partial charge is 0.310 e. The van der Waals surface area contributed by atoms with E-state index in [2.05, 4.69) is 175 Å². The SMILES string of the molecule is c1ccc(-c2ccc(N(c3ccc(-c4ccccc4)cc3)c3cccc(-c4ccc(-c5nc(-c6ccccc6)nc(-c6ccccc6)n5)c5ccccc45)c3)cc2)cc1. The normalized spacial score (nSPS) is 11.1. The van der Waals surface area contributed by atoms with Crippen LogP contribution in [0.5, 0.6) is 0 Å². The highest BCUT2D eigenvalue weighted by Gasteiger charge is 2.18. The number of nitrogens with zero attached hydrogens (tertiary/aromatic N) is 4. The van der Waals surface area contributed by atoms with E-state index in [1.807, 2.05) is 60.7 Å². The standard InChI is InChI=1S/C55H38N4/c1-5-16-39(17-6-1)41-28-32-46(33-29-41)59(47-34-30-42(31-35-47)40-18-7-2-8-19-40)48-25-15-24-45(38-48)49-36-37-52(51-27-14-13-26-50(49)51)55-57-53(43-20-9-3-10-21-43)56-54(58-55)44-22-11-4-12-23-44/h1-38H. The molecule has 59 heavy (non-hydrogen) atoms. The second-order valence-electron chi connectivity index (χ2n) is 14.5. The van der Waals surface area contributed by atoms with Gasteiger partial charge in [-0.05, 0) is 86.6 Å². The molecule has 0 N–H and O–H groups in total. The molecule has 278 valence electrons. The molecule has 1 aromatic heterocycles. The van der Waals surface area contributed by atoms with Crippen LogP contribution in [0.15, 0.2) is 231 Å². The van der Waals surface area contributed by atoms with Crippen LogP contribution in [0.3, 0.4) is 0 Å². The van der Waals surface area contributed by atoms with Crippen molar-refractivity contribution in [3.05, 3.63) is 231 Å². The molecule has 4 heteroatoms. The molecule has 0 amide bonds. The van der Waals surface area contributed by atoms with Crippen molar-refractivity contribution < 1.29 is 0 Å². The predicted octanol–water partition coefficient (Wildman–Crippen LogP) is 14.5. The van der Waals surface area contributed by atoms with Crippen LogP contribution in [0, 0.1) is 0 Å². The Labute approximate surface area is 344 Å². The fraction of sp³-hybridized carbons (Fsp3) is 0. The van der Waals surface area contributed by atoms with Crippen LogP contribution in [-0.2, 0) is 0 Å². The quantitative estimate of drug-likeness (QED) is 0.147. The van der Waals surface area contributed by atoms with Crippen molar-refractivity contribution in [3.8, 4) is 67.5 Å². The minimum Gasteiger partial charge on any atom is -0.310 e. The number of benzene rings is 9. The third-order valence-electron chi connectivity index (χ3n) is 10.7. The molecule has 0 spiro atoms. The summed E-state index contributed by atoms with van der Waals surface area (Å²) < 4.78 is 0. The molecular weight excluding hydrogens is 717 g/mol. The smallest absolute Gasteiger partial charge is 0.164 e. The molecule has 0 saturated heterocycles. The summed E-state index contributed by atoms with van der Waals surface area (Å²) in [6, 6.07) is 80.7. The Morgan fingerprint density at radius 2 is 0.610 bits per heavy atom. The zero-order chi connectivity index (χ0) is 39.4. The molecule has 0 aliphatic rings. The highest BCUT2D eigenvalue weighted by molar-refractivity contribution is 6.04. The Balaban J connectivity index is 1.08. The maximum absolute atomic E-state index is 5.08. The monoisotopic (exact) mass is 754 g/mol. The summed E-state index contributed by atoms with van der Waals surface area (Å²) in [4.78, 5) is 17.4. The summed E-state index contributed by atoms with van der Waals surface area (Å²) >= 11 is 0. The number of anilines is 3. The lowest BCUT2D eigenvalue weighted by atomic mass is 9.94. The molecule has 0 aliphatic carbocycles. The van der Waals surface area contributed by atoms with Gasteiger partial charge in [-0.3, -0.25) is 0 Å². The van der Waals surface area contributed by atoms with Crippen LogP contribution >= 0.6 is 0 Å². The van der Waals surface area contributed by atoms with Crippen molar-refractivity contribution in [2.24, 2.45) is 0 Å². The lowest BCUT2D eigenvalue weighted by Crippen LogP contribution is -2.10. The zero-order valence-corrected chi connectivity index (χ0v) is 32.2. The predicted molar refractivity (Wildman–Crippen MR) is 245 cm³/mol. The first-order chi connectivity index (χ1) is 29.2. The Morgan fingerprint density at radius 3 is 1.10 bits per heavy atom. The fourth-order valence-corrected chi connectivity index (χ4v) is 7.80.